The summed E-state index contributed by atoms with van der Waals surface area (Å²) in [5.41, 5.74) is 1.47. The van der Waals surface area contributed by atoms with E-state index in [1.165, 1.54) is 31.2 Å². The molecule has 0 aliphatic heterocycles. The van der Waals surface area contributed by atoms with Crippen LogP contribution in [0, 0.1) is 0 Å². The highest BCUT2D eigenvalue weighted by molar-refractivity contribution is 5.76. The average Bonchev–Trinajstić information content (AvgIpc) is 2.67. The van der Waals surface area contributed by atoms with Gasteiger partial charge in [0.2, 0.25) is 5.91 Å². The van der Waals surface area contributed by atoms with E-state index in [9.17, 15) is 4.79 Å². The van der Waals surface area contributed by atoms with E-state index in [0.29, 0.717) is 6.42 Å². The van der Waals surface area contributed by atoms with Crippen molar-refractivity contribution in [1.29, 1.82) is 0 Å². The molecule has 0 aromatic heterocycles. The lowest BCUT2D eigenvalue weighted by Gasteiger charge is -2.34. The molecule has 3 heteroatoms. The molecule has 1 aliphatic carbocycles. The third-order valence-electron chi connectivity index (χ3n) is 5.69. The number of ether oxygens (including phenoxy) is 1. The van der Waals surface area contributed by atoms with Gasteiger partial charge in [0.1, 0.15) is 0 Å². The number of hydrogen-bond donors (Lipinski definition) is 1. The first-order valence-corrected chi connectivity index (χ1v) is 11.1. The van der Waals surface area contributed by atoms with Crippen LogP contribution in [-0.4, -0.2) is 24.7 Å². The van der Waals surface area contributed by atoms with Crippen LogP contribution in [0.3, 0.4) is 0 Å². The van der Waals surface area contributed by atoms with Gasteiger partial charge in [0.25, 0.3) is 0 Å². The van der Waals surface area contributed by atoms with E-state index in [2.05, 4.69) is 42.6 Å². The lowest BCUT2D eigenvalue weighted by atomic mass is 9.83. The molecule has 0 radical (unpaired) electrons. The first-order valence-electron chi connectivity index (χ1n) is 11.1. The van der Waals surface area contributed by atoms with Crippen LogP contribution in [-0.2, 0) is 16.0 Å². The Bertz CT molecular complexity index is 508. The fourth-order valence-corrected chi connectivity index (χ4v) is 3.98. The van der Waals surface area contributed by atoms with Crippen molar-refractivity contribution in [1.82, 2.24) is 5.32 Å². The maximum Gasteiger partial charge on any atom is 0.220 e. The quantitative estimate of drug-likeness (QED) is 0.443. The van der Waals surface area contributed by atoms with Crippen LogP contribution in [0.2, 0.25) is 0 Å². The van der Waals surface area contributed by atoms with E-state index in [1.54, 1.807) is 0 Å². The van der Waals surface area contributed by atoms with Crippen LogP contribution in [0.1, 0.15) is 89.5 Å². The maximum atomic E-state index is 12.1. The SMILES string of the molecule is CC1(NC(=O)CCCCCCOCCCCc2ccccc2)CCCCC1. The van der Waals surface area contributed by atoms with Crippen LogP contribution in [0.25, 0.3) is 0 Å². The summed E-state index contributed by atoms with van der Waals surface area (Å²) in [6.07, 6.45) is 14.6. The molecule has 0 heterocycles. The molecule has 2 rings (SSSR count). The van der Waals surface area contributed by atoms with E-state index in [-0.39, 0.29) is 11.4 Å². The van der Waals surface area contributed by atoms with Crippen molar-refractivity contribution in [2.45, 2.75) is 95.9 Å². The van der Waals surface area contributed by atoms with E-state index in [1.807, 2.05) is 0 Å². The predicted molar refractivity (Wildman–Crippen MR) is 113 cm³/mol. The van der Waals surface area contributed by atoms with E-state index >= 15 is 0 Å². The molecule has 1 saturated carbocycles. The molecule has 0 saturated heterocycles. The van der Waals surface area contributed by atoms with E-state index < -0.39 is 0 Å². The van der Waals surface area contributed by atoms with E-state index in [4.69, 9.17) is 4.74 Å². The van der Waals surface area contributed by atoms with Crippen LogP contribution in [0.15, 0.2) is 30.3 Å². The van der Waals surface area contributed by atoms with Gasteiger partial charge in [0.15, 0.2) is 0 Å². The van der Waals surface area contributed by atoms with Gasteiger partial charge in [-0.25, -0.2) is 0 Å². The highest BCUT2D eigenvalue weighted by atomic mass is 16.5. The van der Waals surface area contributed by atoms with Gasteiger partial charge in [-0.2, -0.15) is 0 Å². The Morgan fingerprint density at radius 3 is 2.33 bits per heavy atom. The summed E-state index contributed by atoms with van der Waals surface area (Å²) in [7, 11) is 0. The molecule has 0 atom stereocenters. The molecule has 1 N–H and O–H groups in total. The number of aryl methyl sites for hydroxylation is 1. The van der Waals surface area contributed by atoms with Crippen molar-refractivity contribution in [2.24, 2.45) is 0 Å². The number of nitrogens with one attached hydrogen (secondary N) is 1. The fourth-order valence-electron chi connectivity index (χ4n) is 3.98. The summed E-state index contributed by atoms with van der Waals surface area (Å²) in [4.78, 5) is 12.1. The second-order valence-electron chi connectivity index (χ2n) is 8.39. The summed E-state index contributed by atoms with van der Waals surface area (Å²) in [5, 5.41) is 3.27. The summed E-state index contributed by atoms with van der Waals surface area (Å²) < 4.78 is 5.73. The highest BCUT2D eigenvalue weighted by Crippen LogP contribution is 2.27. The zero-order chi connectivity index (χ0) is 19.2. The van der Waals surface area contributed by atoms with Crippen LogP contribution in [0.4, 0.5) is 0 Å². The maximum absolute atomic E-state index is 12.1. The summed E-state index contributed by atoms with van der Waals surface area (Å²) >= 11 is 0. The third kappa shape index (κ3) is 9.95. The number of hydrogen-bond acceptors (Lipinski definition) is 2. The zero-order valence-electron chi connectivity index (χ0n) is 17.3. The van der Waals surface area contributed by atoms with Crippen LogP contribution in [0.5, 0.6) is 0 Å². The predicted octanol–water partition coefficient (Wildman–Crippen LogP) is 5.82. The summed E-state index contributed by atoms with van der Waals surface area (Å²) in [6, 6.07) is 10.7. The third-order valence-corrected chi connectivity index (χ3v) is 5.69. The monoisotopic (exact) mass is 373 g/mol. The zero-order valence-corrected chi connectivity index (χ0v) is 17.3. The molecule has 3 nitrogen and oxygen atoms in total. The molecule has 0 unspecified atom stereocenters. The normalized spacial score (nSPS) is 16.2. The summed E-state index contributed by atoms with van der Waals surface area (Å²) in [6.45, 7) is 3.94. The number of carbonyl (C=O) groups excluding carboxylic acids is 1. The molecular weight excluding hydrogens is 334 g/mol. The van der Waals surface area contributed by atoms with Gasteiger partial charge in [0.05, 0.1) is 0 Å². The number of carbonyl (C=O) groups is 1. The Morgan fingerprint density at radius 2 is 1.59 bits per heavy atom. The lowest BCUT2D eigenvalue weighted by Crippen LogP contribution is -2.47. The van der Waals surface area contributed by atoms with E-state index in [0.717, 1.165) is 64.6 Å². The molecule has 1 aliphatic rings. The van der Waals surface area contributed by atoms with Crippen molar-refractivity contribution in [3.05, 3.63) is 35.9 Å². The van der Waals surface area contributed by atoms with Gasteiger partial charge < -0.3 is 10.1 Å². The smallest absolute Gasteiger partial charge is 0.220 e. The minimum absolute atomic E-state index is 0.0592. The minimum atomic E-state index is 0.0592. The van der Waals surface area contributed by atoms with Crippen LogP contribution < -0.4 is 5.32 Å². The van der Waals surface area contributed by atoms with Gasteiger partial charge in [-0.3, -0.25) is 4.79 Å². The van der Waals surface area contributed by atoms with Gasteiger partial charge in [-0.15, -0.1) is 0 Å². The second kappa shape index (κ2) is 12.9. The summed E-state index contributed by atoms with van der Waals surface area (Å²) in [5.74, 6) is 0.245. The molecule has 1 amide bonds. The van der Waals surface area contributed by atoms with Crippen LogP contribution >= 0.6 is 0 Å². The topological polar surface area (TPSA) is 38.3 Å². The lowest BCUT2D eigenvalue weighted by molar-refractivity contribution is -0.123. The second-order valence-corrected chi connectivity index (χ2v) is 8.39. The van der Waals surface area contributed by atoms with Gasteiger partial charge in [-0.05, 0) is 57.4 Å². The molecule has 27 heavy (non-hydrogen) atoms. The number of benzene rings is 1. The molecule has 0 spiro atoms. The first kappa shape index (κ1) is 21.9. The van der Waals surface area contributed by atoms with Crippen molar-refractivity contribution in [3.8, 4) is 0 Å². The molecule has 1 fully saturated rings. The Morgan fingerprint density at radius 1 is 0.926 bits per heavy atom. The number of rotatable bonds is 13. The Kier molecular flexibility index (Phi) is 10.5. The first-order chi connectivity index (χ1) is 13.2. The van der Waals surface area contributed by atoms with Gasteiger partial charge >= 0.3 is 0 Å². The Balaban J connectivity index is 1.35. The standard InChI is InChI=1S/C24H39NO2/c1-24(18-10-5-11-19-24)25-23(26)17-8-2-3-12-20-27-21-13-9-16-22-14-6-4-7-15-22/h4,6-7,14-15H,2-3,5,8-13,16-21H2,1H3,(H,25,26). The molecule has 0 bridgehead atoms. The van der Waals surface area contributed by atoms with Crippen molar-refractivity contribution in [2.75, 3.05) is 13.2 Å². The largest absolute Gasteiger partial charge is 0.381 e. The molecule has 1 aromatic rings. The van der Waals surface area contributed by atoms with Gasteiger partial charge in [0, 0.05) is 25.2 Å². The van der Waals surface area contributed by atoms with Crippen molar-refractivity contribution in [3.63, 3.8) is 0 Å². The molecular formula is C24H39NO2. The van der Waals surface area contributed by atoms with Crippen molar-refractivity contribution >= 4 is 5.91 Å². The molecule has 1 aromatic carbocycles. The number of amides is 1. The number of unbranched alkanes of at least 4 members (excludes halogenated alkanes) is 4. The van der Waals surface area contributed by atoms with Crippen molar-refractivity contribution < 1.29 is 9.53 Å². The fraction of sp³-hybridized carbons (Fsp3) is 0.708. The molecule has 152 valence electrons. The van der Waals surface area contributed by atoms with Gasteiger partial charge in [-0.1, -0.05) is 62.4 Å². The average molecular weight is 374 g/mol. The Hall–Kier alpha value is -1.35. The highest BCUT2D eigenvalue weighted by Gasteiger charge is 2.27. The Labute approximate surface area is 166 Å². The minimum Gasteiger partial charge on any atom is -0.381 e.